The second-order valence-corrected chi connectivity index (χ2v) is 3.49. The van der Waals surface area contributed by atoms with E-state index in [0.29, 0.717) is 0 Å². The van der Waals surface area contributed by atoms with Gasteiger partial charge in [0.1, 0.15) is 6.26 Å². The number of rotatable bonds is 5. The molecule has 16 heavy (non-hydrogen) atoms. The summed E-state index contributed by atoms with van der Waals surface area (Å²) >= 11 is 0. The Labute approximate surface area is 93.4 Å². The Morgan fingerprint density at radius 2 is 2.06 bits per heavy atom. The highest BCUT2D eigenvalue weighted by molar-refractivity contribution is 5.95. The first-order valence-corrected chi connectivity index (χ1v) is 5.21. The molecular formula is C11H15NO4. The molecule has 0 saturated heterocycles. The molecule has 1 heterocycles. The van der Waals surface area contributed by atoms with E-state index in [4.69, 9.17) is 9.52 Å². The molecule has 1 amide bonds. The van der Waals surface area contributed by atoms with Crippen molar-refractivity contribution in [3.8, 4) is 0 Å². The molecule has 0 fully saturated rings. The number of carbonyl (C=O) groups is 2. The standard InChI is InChI=1S/C11H15NO4/c1-3-8(4-2)12-10(13)9-5-7(6-16-9)11(14)15/h5-6,8H,3-4H2,1-2H3,(H,12,13)(H,14,15). The molecule has 0 bridgehead atoms. The first-order valence-electron chi connectivity index (χ1n) is 5.21. The van der Waals surface area contributed by atoms with Crippen molar-refractivity contribution >= 4 is 11.9 Å². The molecule has 0 aromatic carbocycles. The van der Waals surface area contributed by atoms with Crippen LogP contribution >= 0.6 is 0 Å². The van der Waals surface area contributed by atoms with Gasteiger partial charge >= 0.3 is 5.97 Å². The van der Waals surface area contributed by atoms with Crippen molar-refractivity contribution in [3.05, 3.63) is 23.7 Å². The Morgan fingerprint density at radius 3 is 2.50 bits per heavy atom. The number of carbonyl (C=O) groups excluding carboxylic acids is 1. The Morgan fingerprint density at radius 1 is 1.44 bits per heavy atom. The molecular weight excluding hydrogens is 210 g/mol. The summed E-state index contributed by atoms with van der Waals surface area (Å²) in [5, 5.41) is 11.4. The quantitative estimate of drug-likeness (QED) is 0.802. The summed E-state index contributed by atoms with van der Waals surface area (Å²) in [5.74, 6) is -1.45. The van der Waals surface area contributed by atoms with Crippen LogP contribution in [0.25, 0.3) is 0 Å². The number of hydrogen-bond acceptors (Lipinski definition) is 3. The molecule has 0 atom stereocenters. The van der Waals surface area contributed by atoms with Gasteiger partial charge in [-0.25, -0.2) is 4.79 Å². The van der Waals surface area contributed by atoms with Crippen LogP contribution in [-0.4, -0.2) is 23.0 Å². The lowest BCUT2D eigenvalue weighted by Crippen LogP contribution is -2.33. The molecule has 5 nitrogen and oxygen atoms in total. The van der Waals surface area contributed by atoms with Crippen LogP contribution in [0, 0.1) is 0 Å². The fraction of sp³-hybridized carbons (Fsp3) is 0.455. The lowest BCUT2D eigenvalue weighted by Gasteiger charge is -2.12. The summed E-state index contributed by atoms with van der Waals surface area (Å²) in [4.78, 5) is 22.2. The summed E-state index contributed by atoms with van der Waals surface area (Å²) in [6.07, 6.45) is 2.72. The first kappa shape index (κ1) is 12.3. The van der Waals surface area contributed by atoms with Gasteiger partial charge in [0.15, 0.2) is 5.76 Å². The molecule has 0 unspecified atom stereocenters. The number of carboxylic acids is 1. The number of aromatic carboxylic acids is 1. The minimum absolute atomic E-state index is 0.0188. The Balaban J connectivity index is 2.69. The van der Waals surface area contributed by atoms with Crippen LogP contribution in [0.4, 0.5) is 0 Å². The van der Waals surface area contributed by atoms with Crippen molar-refractivity contribution < 1.29 is 19.1 Å². The van der Waals surface area contributed by atoms with Crippen LogP contribution in [0.1, 0.15) is 47.6 Å². The smallest absolute Gasteiger partial charge is 0.338 e. The normalized spacial score (nSPS) is 10.4. The van der Waals surface area contributed by atoms with E-state index in [1.54, 1.807) is 0 Å². The van der Waals surface area contributed by atoms with Gasteiger partial charge in [-0.05, 0) is 12.8 Å². The molecule has 1 rings (SSSR count). The second-order valence-electron chi connectivity index (χ2n) is 3.49. The van der Waals surface area contributed by atoms with E-state index in [1.165, 1.54) is 6.07 Å². The maximum absolute atomic E-state index is 11.6. The van der Waals surface area contributed by atoms with Crippen LogP contribution in [0.5, 0.6) is 0 Å². The Hall–Kier alpha value is -1.78. The third kappa shape index (κ3) is 2.85. The number of hydrogen-bond donors (Lipinski definition) is 2. The summed E-state index contributed by atoms with van der Waals surface area (Å²) in [6.45, 7) is 3.94. The number of furan rings is 1. The monoisotopic (exact) mass is 225 g/mol. The van der Waals surface area contributed by atoms with Crippen molar-refractivity contribution in [1.29, 1.82) is 0 Å². The lowest BCUT2D eigenvalue weighted by atomic mass is 10.1. The van der Waals surface area contributed by atoms with E-state index in [-0.39, 0.29) is 23.3 Å². The molecule has 2 N–H and O–H groups in total. The van der Waals surface area contributed by atoms with Gasteiger partial charge in [0.2, 0.25) is 0 Å². The van der Waals surface area contributed by atoms with Crippen LogP contribution in [-0.2, 0) is 0 Å². The predicted molar refractivity (Wildman–Crippen MR) is 57.5 cm³/mol. The third-order valence-corrected chi connectivity index (χ3v) is 2.39. The first-order chi connectivity index (χ1) is 7.58. The largest absolute Gasteiger partial charge is 0.478 e. The molecule has 0 spiro atoms. The third-order valence-electron chi connectivity index (χ3n) is 2.39. The van der Waals surface area contributed by atoms with Gasteiger partial charge < -0.3 is 14.8 Å². The van der Waals surface area contributed by atoms with Gasteiger partial charge in [-0.1, -0.05) is 13.8 Å². The lowest BCUT2D eigenvalue weighted by molar-refractivity contribution is 0.0695. The average Bonchev–Trinajstić information content (AvgIpc) is 2.74. The van der Waals surface area contributed by atoms with Gasteiger partial charge in [0.05, 0.1) is 5.56 Å². The predicted octanol–water partition coefficient (Wildman–Crippen LogP) is 1.90. The molecule has 5 heteroatoms. The molecule has 1 aromatic rings. The summed E-state index contributed by atoms with van der Waals surface area (Å²) in [7, 11) is 0. The number of nitrogens with one attached hydrogen (secondary N) is 1. The molecule has 1 aromatic heterocycles. The minimum Gasteiger partial charge on any atom is -0.478 e. The maximum atomic E-state index is 11.6. The van der Waals surface area contributed by atoms with Crippen molar-refractivity contribution in [2.45, 2.75) is 32.7 Å². The van der Waals surface area contributed by atoms with Crippen molar-refractivity contribution in [2.75, 3.05) is 0 Å². The fourth-order valence-electron chi connectivity index (χ4n) is 1.32. The van der Waals surface area contributed by atoms with Gasteiger partial charge in [-0.15, -0.1) is 0 Å². The summed E-state index contributed by atoms with van der Waals surface area (Å²) in [5.41, 5.74) is -0.0188. The van der Waals surface area contributed by atoms with E-state index >= 15 is 0 Å². The second kappa shape index (κ2) is 5.34. The topological polar surface area (TPSA) is 79.5 Å². The van der Waals surface area contributed by atoms with Gasteiger partial charge in [0, 0.05) is 12.1 Å². The SMILES string of the molecule is CCC(CC)NC(=O)c1cc(C(=O)O)co1. The van der Waals surface area contributed by atoms with Crippen LogP contribution < -0.4 is 5.32 Å². The fourth-order valence-corrected chi connectivity index (χ4v) is 1.32. The van der Waals surface area contributed by atoms with Gasteiger partial charge in [0.25, 0.3) is 5.91 Å². The van der Waals surface area contributed by atoms with Crippen LogP contribution in [0.3, 0.4) is 0 Å². The van der Waals surface area contributed by atoms with E-state index in [0.717, 1.165) is 19.1 Å². The van der Waals surface area contributed by atoms with E-state index in [1.807, 2.05) is 13.8 Å². The highest BCUT2D eigenvalue weighted by atomic mass is 16.4. The zero-order chi connectivity index (χ0) is 12.1. The van der Waals surface area contributed by atoms with Gasteiger partial charge in [-0.3, -0.25) is 4.79 Å². The number of carboxylic acid groups (broad SMARTS) is 1. The average molecular weight is 225 g/mol. The Kier molecular flexibility index (Phi) is 4.10. The molecule has 0 aliphatic rings. The van der Waals surface area contributed by atoms with Crippen LogP contribution in [0.15, 0.2) is 16.7 Å². The summed E-state index contributed by atoms with van der Waals surface area (Å²) < 4.78 is 4.88. The Bertz CT molecular complexity index is 379. The van der Waals surface area contributed by atoms with Crippen LogP contribution in [0.2, 0.25) is 0 Å². The summed E-state index contributed by atoms with van der Waals surface area (Å²) in [6, 6.07) is 1.31. The van der Waals surface area contributed by atoms with Gasteiger partial charge in [-0.2, -0.15) is 0 Å². The van der Waals surface area contributed by atoms with Crippen molar-refractivity contribution in [1.82, 2.24) is 5.32 Å². The zero-order valence-corrected chi connectivity index (χ0v) is 9.32. The molecule has 0 aliphatic carbocycles. The van der Waals surface area contributed by atoms with E-state index < -0.39 is 5.97 Å². The maximum Gasteiger partial charge on any atom is 0.338 e. The van der Waals surface area contributed by atoms with E-state index in [2.05, 4.69) is 5.32 Å². The van der Waals surface area contributed by atoms with Crippen molar-refractivity contribution in [3.63, 3.8) is 0 Å². The molecule has 0 saturated carbocycles. The molecule has 88 valence electrons. The number of amides is 1. The highest BCUT2D eigenvalue weighted by Crippen LogP contribution is 2.08. The minimum atomic E-state index is -1.11. The molecule has 0 radical (unpaired) electrons. The zero-order valence-electron chi connectivity index (χ0n) is 9.32. The molecule has 0 aliphatic heterocycles. The van der Waals surface area contributed by atoms with Crippen molar-refractivity contribution in [2.24, 2.45) is 0 Å². The van der Waals surface area contributed by atoms with E-state index in [9.17, 15) is 9.59 Å². The highest BCUT2D eigenvalue weighted by Gasteiger charge is 2.16.